The lowest BCUT2D eigenvalue weighted by atomic mass is 10.1. The highest BCUT2D eigenvalue weighted by Crippen LogP contribution is 2.35. The third-order valence-electron chi connectivity index (χ3n) is 3.25. The zero-order chi connectivity index (χ0) is 19.0. The average Bonchev–Trinajstić information content (AvgIpc) is 2.48. The van der Waals surface area contributed by atoms with Gasteiger partial charge in [0.2, 0.25) is 0 Å². The number of nitrogens with zero attached hydrogens (tertiary/aromatic N) is 1. The summed E-state index contributed by atoms with van der Waals surface area (Å²) in [5.74, 6) is -2.63. The molecule has 0 fully saturated rings. The Morgan fingerprint density at radius 1 is 0.960 bits per heavy atom. The van der Waals surface area contributed by atoms with Crippen molar-refractivity contribution >= 4 is 21.4 Å². The number of rotatable bonds is 4. The van der Waals surface area contributed by atoms with E-state index in [9.17, 15) is 30.4 Å². The Hall–Kier alpha value is -2.36. The Morgan fingerprint density at radius 2 is 1.60 bits per heavy atom. The molecule has 0 saturated carbocycles. The predicted molar refractivity (Wildman–Crippen MR) is 82.9 cm³/mol. The van der Waals surface area contributed by atoms with Gasteiger partial charge in [-0.2, -0.15) is 13.2 Å². The van der Waals surface area contributed by atoms with Crippen LogP contribution in [0.1, 0.15) is 5.56 Å². The molecule has 0 bridgehead atoms. The highest BCUT2D eigenvalue weighted by atomic mass is 32.2. The van der Waals surface area contributed by atoms with Crippen LogP contribution in [0.3, 0.4) is 0 Å². The van der Waals surface area contributed by atoms with Gasteiger partial charge < -0.3 is 4.90 Å². The van der Waals surface area contributed by atoms with Crippen molar-refractivity contribution in [1.29, 1.82) is 0 Å². The molecule has 25 heavy (non-hydrogen) atoms. The lowest BCUT2D eigenvalue weighted by Gasteiger charge is -2.20. The summed E-state index contributed by atoms with van der Waals surface area (Å²) < 4.78 is 91.4. The second-order valence-corrected chi connectivity index (χ2v) is 6.99. The lowest BCUT2D eigenvalue weighted by molar-refractivity contribution is -0.137. The SMILES string of the molecule is CN(C)c1ccc(C(F)(F)F)cc1NS(=O)(=O)c1ccc(F)c(F)c1. The lowest BCUT2D eigenvalue weighted by Crippen LogP contribution is -2.18. The van der Waals surface area contributed by atoms with Crippen molar-refractivity contribution in [3.8, 4) is 0 Å². The first kappa shape index (κ1) is 19.0. The third kappa shape index (κ3) is 4.19. The minimum absolute atomic E-state index is 0.166. The number of hydrogen-bond acceptors (Lipinski definition) is 3. The third-order valence-corrected chi connectivity index (χ3v) is 4.61. The zero-order valence-electron chi connectivity index (χ0n) is 13.0. The fourth-order valence-electron chi connectivity index (χ4n) is 2.03. The van der Waals surface area contributed by atoms with Gasteiger partial charge in [-0.05, 0) is 36.4 Å². The van der Waals surface area contributed by atoms with Gasteiger partial charge in [-0.3, -0.25) is 4.72 Å². The van der Waals surface area contributed by atoms with Crippen LogP contribution in [0.4, 0.5) is 33.3 Å². The standard InChI is InChI=1S/C15H13F5N2O2S/c1-22(2)14-6-3-9(15(18,19)20)7-13(14)21-25(23,24)10-4-5-11(16)12(17)8-10/h3-8,21H,1-2H3. The monoisotopic (exact) mass is 380 g/mol. The van der Waals surface area contributed by atoms with Crippen LogP contribution in [-0.2, 0) is 16.2 Å². The van der Waals surface area contributed by atoms with Crippen molar-refractivity contribution in [2.75, 3.05) is 23.7 Å². The summed E-state index contributed by atoms with van der Waals surface area (Å²) in [5, 5.41) is 0. The summed E-state index contributed by atoms with van der Waals surface area (Å²) in [6.07, 6.45) is -4.67. The molecule has 4 nitrogen and oxygen atoms in total. The van der Waals surface area contributed by atoms with E-state index in [1.165, 1.54) is 19.0 Å². The number of anilines is 2. The maximum Gasteiger partial charge on any atom is 0.416 e. The van der Waals surface area contributed by atoms with Crippen LogP contribution in [-0.4, -0.2) is 22.5 Å². The van der Waals surface area contributed by atoms with E-state index in [-0.39, 0.29) is 11.4 Å². The molecule has 0 aromatic heterocycles. The molecule has 0 aliphatic rings. The average molecular weight is 380 g/mol. The van der Waals surface area contributed by atoms with Crippen molar-refractivity contribution in [2.24, 2.45) is 0 Å². The normalized spacial score (nSPS) is 12.1. The van der Waals surface area contributed by atoms with Crippen LogP contribution >= 0.6 is 0 Å². The minimum atomic E-state index is -4.67. The largest absolute Gasteiger partial charge is 0.416 e. The van der Waals surface area contributed by atoms with Gasteiger partial charge in [-0.1, -0.05) is 0 Å². The molecular formula is C15H13F5N2O2S. The zero-order valence-corrected chi connectivity index (χ0v) is 13.8. The molecule has 0 unspecified atom stereocenters. The molecule has 0 saturated heterocycles. The van der Waals surface area contributed by atoms with Crippen LogP contribution in [0.2, 0.25) is 0 Å². The summed E-state index contributed by atoms with van der Waals surface area (Å²) in [5.41, 5.74) is -1.23. The van der Waals surface area contributed by atoms with Crippen LogP contribution in [0, 0.1) is 11.6 Å². The Labute approximate surface area is 140 Å². The number of alkyl halides is 3. The smallest absolute Gasteiger partial charge is 0.376 e. The summed E-state index contributed by atoms with van der Waals surface area (Å²) in [6.45, 7) is 0. The number of hydrogen-bond donors (Lipinski definition) is 1. The second kappa shape index (κ2) is 6.51. The van der Waals surface area contributed by atoms with Crippen LogP contribution < -0.4 is 9.62 Å². The molecule has 0 heterocycles. The predicted octanol–water partition coefficient (Wildman–Crippen LogP) is 3.85. The fraction of sp³-hybridized carbons (Fsp3) is 0.200. The topological polar surface area (TPSA) is 49.4 Å². The summed E-state index contributed by atoms with van der Waals surface area (Å²) in [7, 11) is -1.40. The van der Waals surface area contributed by atoms with Gasteiger partial charge in [0.15, 0.2) is 11.6 Å². The van der Waals surface area contributed by atoms with Crippen molar-refractivity contribution in [1.82, 2.24) is 0 Å². The number of nitrogens with one attached hydrogen (secondary N) is 1. The molecule has 0 radical (unpaired) electrons. The Balaban J connectivity index is 2.51. The van der Waals surface area contributed by atoms with E-state index in [0.29, 0.717) is 18.2 Å². The molecule has 2 aromatic carbocycles. The van der Waals surface area contributed by atoms with E-state index in [0.717, 1.165) is 18.2 Å². The van der Waals surface area contributed by atoms with E-state index < -0.39 is 38.3 Å². The maximum atomic E-state index is 13.3. The molecule has 2 aromatic rings. The summed E-state index contributed by atoms with van der Waals surface area (Å²) in [6, 6.07) is 4.41. The molecule has 136 valence electrons. The maximum absolute atomic E-state index is 13.3. The van der Waals surface area contributed by atoms with Gasteiger partial charge in [-0.25, -0.2) is 17.2 Å². The highest BCUT2D eigenvalue weighted by Gasteiger charge is 2.32. The molecule has 0 spiro atoms. The highest BCUT2D eigenvalue weighted by molar-refractivity contribution is 7.92. The first-order valence-corrected chi connectivity index (χ1v) is 8.26. The fourth-order valence-corrected chi connectivity index (χ4v) is 3.11. The molecule has 0 atom stereocenters. The van der Waals surface area contributed by atoms with Crippen LogP contribution in [0.15, 0.2) is 41.3 Å². The summed E-state index contributed by atoms with van der Waals surface area (Å²) in [4.78, 5) is 0.789. The van der Waals surface area contributed by atoms with E-state index in [1.54, 1.807) is 0 Å². The quantitative estimate of drug-likeness (QED) is 0.820. The van der Waals surface area contributed by atoms with Crippen molar-refractivity contribution in [3.05, 3.63) is 53.6 Å². The molecule has 0 aliphatic carbocycles. The summed E-state index contributed by atoms with van der Waals surface area (Å²) >= 11 is 0. The molecule has 0 aliphatic heterocycles. The van der Waals surface area contributed by atoms with Crippen LogP contribution in [0.25, 0.3) is 0 Å². The van der Waals surface area contributed by atoms with Crippen molar-refractivity contribution < 1.29 is 30.4 Å². The Bertz CT molecular complexity index is 895. The minimum Gasteiger partial charge on any atom is -0.376 e. The van der Waals surface area contributed by atoms with E-state index in [1.807, 2.05) is 4.72 Å². The number of benzene rings is 2. The van der Waals surface area contributed by atoms with Crippen molar-refractivity contribution in [3.63, 3.8) is 0 Å². The van der Waals surface area contributed by atoms with E-state index in [2.05, 4.69) is 0 Å². The van der Waals surface area contributed by atoms with Gasteiger partial charge >= 0.3 is 6.18 Å². The molecule has 10 heteroatoms. The van der Waals surface area contributed by atoms with E-state index >= 15 is 0 Å². The number of sulfonamides is 1. The van der Waals surface area contributed by atoms with Gasteiger partial charge in [0.25, 0.3) is 10.0 Å². The number of halogens is 5. The van der Waals surface area contributed by atoms with E-state index in [4.69, 9.17) is 0 Å². The second-order valence-electron chi connectivity index (χ2n) is 5.31. The van der Waals surface area contributed by atoms with Gasteiger partial charge in [0.1, 0.15) is 0 Å². The molecular weight excluding hydrogens is 367 g/mol. The molecule has 1 N–H and O–H groups in total. The Morgan fingerprint density at radius 3 is 2.12 bits per heavy atom. The van der Waals surface area contributed by atoms with Gasteiger partial charge in [0, 0.05) is 14.1 Å². The van der Waals surface area contributed by atoms with Gasteiger partial charge in [0.05, 0.1) is 21.8 Å². The molecule has 0 amide bonds. The van der Waals surface area contributed by atoms with Crippen molar-refractivity contribution in [2.45, 2.75) is 11.1 Å². The molecule has 2 rings (SSSR count). The first-order chi connectivity index (χ1) is 11.4. The Kier molecular flexibility index (Phi) is 4.94. The van der Waals surface area contributed by atoms with Gasteiger partial charge in [-0.15, -0.1) is 0 Å². The van der Waals surface area contributed by atoms with Crippen LogP contribution in [0.5, 0.6) is 0 Å². The first-order valence-electron chi connectivity index (χ1n) is 6.78.